The number of hydrogen-bond donors (Lipinski definition) is 1. The monoisotopic (exact) mass is 147 g/mol. The molecule has 1 fully saturated rings. The predicted molar refractivity (Wildman–Crippen MR) is 35.6 cm³/mol. The summed E-state index contributed by atoms with van der Waals surface area (Å²) in [5, 5.41) is 3.06. The Morgan fingerprint density at radius 2 is 2.10 bits per heavy atom. The molecule has 0 saturated carbocycles. The molecule has 1 saturated heterocycles. The van der Waals surface area contributed by atoms with E-state index in [4.69, 9.17) is 14.2 Å². The molecule has 1 N–H and O–H groups in total. The van der Waals surface area contributed by atoms with Crippen molar-refractivity contribution in [1.82, 2.24) is 5.32 Å². The maximum Gasteiger partial charge on any atom is 0.251 e. The van der Waals surface area contributed by atoms with E-state index in [0.717, 1.165) is 6.54 Å². The second kappa shape index (κ2) is 3.30. The lowest BCUT2D eigenvalue weighted by Crippen LogP contribution is -2.56. The molecule has 0 radical (unpaired) electrons. The van der Waals surface area contributed by atoms with Crippen LogP contribution in [0.2, 0.25) is 0 Å². The average Bonchev–Trinajstić information content (AvgIpc) is 2.06. The van der Waals surface area contributed by atoms with Crippen LogP contribution in [-0.4, -0.2) is 39.9 Å². The smallest absolute Gasteiger partial charge is 0.251 e. The van der Waals surface area contributed by atoms with Gasteiger partial charge in [-0.25, -0.2) is 0 Å². The van der Waals surface area contributed by atoms with Crippen molar-refractivity contribution in [2.75, 3.05) is 34.0 Å². The minimum atomic E-state index is -0.710. The van der Waals surface area contributed by atoms with Crippen molar-refractivity contribution in [3.63, 3.8) is 0 Å². The number of morpholine rings is 1. The molecule has 4 heteroatoms. The molecule has 0 unspecified atom stereocenters. The zero-order chi connectivity index (χ0) is 7.45. The molecule has 0 aromatic rings. The van der Waals surface area contributed by atoms with Crippen molar-refractivity contribution >= 4 is 0 Å². The molecule has 0 aromatic carbocycles. The second-order valence-corrected chi connectivity index (χ2v) is 2.14. The van der Waals surface area contributed by atoms with E-state index < -0.39 is 5.91 Å². The average molecular weight is 147 g/mol. The Bertz CT molecular complexity index is 95.2. The maximum atomic E-state index is 5.15. The molecule has 10 heavy (non-hydrogen) atoms. The van der Waals surface area contributed by atoms with Crippen LogP contribution >= 0.6 is 0 Å². The summed E-state index contributed by atoms with van der Waals surface area (Å²) in [6, 6.07) is 0. The van der Waals surface area contributed by atoms with Gasteiger partial charge >= 0.3 is 0 Å². The van der Waals surface area contributed by atoms with Crippen molar-refractivity contribution in [3.8, 4) is 0 Å². The molecule has 0 spiro atoms. The van der Waals surface area contributed by atoms with Gasteiger partial charge in [0, 0.05) is 20.8 Å². The third-order valence-corrected chi connectivity index (χ3v) is 1.59. The lowest BCUT2D eigenvalue weighted by atomic mass is 10.4. The highest BCUT2D eigenvalue weighted by molar-refractivity contribution is 4.69. The van der Waals surface area contributed by atoms with Gasteiger partial charge in [-0.3, -0.25) is 5.32 Å². The largest absolute Gasteiger partial charge is 0.373 e. The van der Waals surface area contributed by atoms with Crippen molar-refractivity contribution in [2.45, 2.75) is 5.91 Å². The summed E-state index contributed by atoms with van der Waals surface area (Å²) >= 11 is 0. The number of rotatable bonds is 2. The van der Waals surface area contributed by atoms with E-state index in [1.54, 1.807) is 14.2 Å². The first-order valence-corrected chi connectivity index (χ1v) is 3.26. The Kier molecular flexibility index (Phi) is 2.62. The van der Waals surface area contributed by atoms with E-state index in [9.17, 15) is 0 Å². The van der Waals surface area contributed by atoms with Gasteiger partial charge in [0.15, 0.2) is 0 Å². The third-order valence-electron chi connectivity index (χ3n) is 1.59. The van der Waals surface area contributed by atoms with Crippen LogP contribution in [0.15, 0.2) is 0 Å². The van der Waals surface area contributed by atoms with Gasteiger partial charge in [0.05, 0.1) is 6.61 Å². The van der Waals surface area contributed by atoms with Gasteiger partial charge in [0.1, 0.15) is 6.61 Å². The molecule has 0 aromatic heterocycles. The summed E-state index contributed by atoms with van der Waals surface area (Å²) in [5.74, 6) is -0.710. The van der Waals surface area contributed by atoms with Gasteiger partial charge in [0.2, 0.25) is 0 Å². The van der Waals surface area contributed by atoms with Crippen LogP contribution in [0.4, 0.5) is 0 Å². The summed E-state index contributed by atoms with van der Waals surface area (Å²) in [6.07, 6.45) is 0. The lowest BCUT2D eigenvalue weighted by Gasteiger charge is -2.34. The molecule has 1 rings (SSSR count). The lowest BCUT2D eigenvalue weighted by molar-refractivity contribution is -0.269. The van der Waals surface area contributed by atoms with E-state index in [2.05, 4.69) is 5.32 Å². The number of hydrogen-bond acceptors (Lipinski definition) is 4. The number of methoxy groups -OCH3 is 2. The Balaban J connectivity index is 2.44. The summed E-state index contributed by atoms with van der Waals surface area (Å²) in [5.41, 5.74) is 0. The van der Waals surface area contributed by atoms with Crippen LogP contribution in [0.5, 0.6) is 0 Å². The summed E-state index contributed by atoms with van der Waals surface area (Å²) < 4.78 is 15.3. The fourth-order valence-electron chi connectivity index (χ4n) is 0.917. The van der Waals surface area contributed by atoms with Gasteiger partial charge < -0.3 is 14.2 Å². The van der Waals surface area contributed by atoms with Crippen LogP contribution in [0.25, 0.3) is 0 Å². The highest BCUT2D eigenvalue weighted by atomic mass is 16.7. The fourth-order valence-corrected chi connectivity index (χ4v) is 0.917. The molecule has 1 aliphatic rings. The fraction of sp³-hybridized carbons (Fsp3) is 1.00. The van der Waals surface area contributed by atoms with Gasteiger partial charge in [-0.05, 0) is 0 Å². The Hall–Kier alpha value is -0.160. The highest BCUT2D eigenvalue weighted by Crippen LogP contribution is 2.09. The molecule has 4 nitrogen and oxygen atoms in total. The summed E-state index contributed by atoms with van der Waals surface area (Å²) in [6.45, 7) is 1.93. The third kappa shape index (κ3) is 1.46. The summed E-state index contributed by atoms with van der Waals surface area (Å²) in [7, 11) is 3.18. The molecular weight excluding hydrogens is 134 g/mol. The van der Waals surface area contributed by atoms with Crippen LogP contribution < -0.4 is 5.32 Å². The van der Waals surface area contributed by atoms with E-state index in [0.29, 0.717) is 13.2 Å². The zero-order valence-corrected chi connectivity index (χ0v) is 6.35. The highest BCUT2D eigenvalue weighted by Gasteiger charge is 2.31. The quantitative estimate of drug-likeness (QED) is 0.537. The number of ether oxygens (including phenoxy) is 3. The van der Waals surface area contributed by atoms with Gasteiger partial charge in [-0.15, -0.1) is 0 Å². The maximum absolute atomic E-state index is 5.15. The summed E-state index contributed by atoms with van der Waals surface area (Å²) in [4.78, 5) is 0. The second-order valence-electron chi connectivity index (χ2n) is 2.14. The van der Waals surface area contributed by atoms with Gasteiger partial charge in [-0.1, -0.05) is 0 Å². The molecule has 0 aliphatic carbocycles. The van der Waals surface area contributed by atoms with Crippen molar-refractivity contribution < 1.29 is 14.2 Å². The van der Waals surface area contributed by atoms with E-state index in [-0.39, 0.29) is 0 Å². The Morgan fingerprint density at radius 1 is 1.40 bits per heavy atom. The molecule has 0 bridgehead atoms. The number of nitrogens with one attached hydrogen (secondary N) is 1. The molecule has 1 heterocycles. The van der Waals surface area contributed by atoms with Gasteiger partial charge in [-0.2, -0.15) is 0 Å². The Labute approximate surface area is 60.4 Å². The zero-order valence-electron chi connectivity index (χ0n) is 6.35. The topological polar surface area (TPSA) is 39.7 Å². The SMILES string of the molecule is COC1(OC)COCCN1. The van der Waals surface area contributed by atoms with E-state index in [1.807, 2.05) is 0 Å². The van der Waals surface area contributed by atoms with Crippen LogP contribution in [0.1, 0.15) is 0 Å². The Morgan fingerprint density at radius 3 is 2.40 bits per heavy atom. The first kappa shape index (κ1) is 7.94. The van der Waals surface area contributed by atoms with Crippen molar-refractivity contribution in [1.29, 1.82) is 0 Å². The molecule has 60 valence electrons. The molecule has 1 aliphatic heterocycles. The predicted octanol–water partition coefficient (Wildman–Crippen LogP) is -0.447. The minimum absolute atomic E-state index is 0.444. The first-order chi connectivity index (χ1) is 4.83. The standard InChI is InChI=1S/C6H13NO3/c1-8-6(9-2)5-10-4-3-7-6/h7H,3-5H2,1-2H3. The minimum Gasteiger partial charge on any atom is -0.373 e. The van der Waals surface area contributed by atoms with Crippen LogP contribution in [-0.2, 0) is 14.2 Å². The first-order valence-electron chi connectivity index (χ1n) is 3.26. The van der Waals surface area contributed by atoms with Gasteiger partial charge in [0.25, 0.3) is 5.91 Å². The molecule has 0 amide bonds. The van der Waals surface area contributed by atoms with Crippen LogP contribution in [0, 0.1) is 0 Å². The van der Waals surface area contributed by atoms with Crippen molar-refractivity contribution in [2.24, 2.45) is 0 Å². The van der Waals surface area contributed by atoms with Crippen LogP contribution in [0.3, 0.4) is 0 Å². The molecule has 0 atom stereocenters. The normalized spacial score (nSPS) is 24.6. The van der Waals surface area contributed by atoms with Crippen molar-refractivity contribution in [3.05, 3.63) is 0 Å². The molecular formula is C6H13NO3. The van der Waals surface area contributed by atoms with E-state index in [1.165, 1.54) is 0 Å². The van der Waals surface area contributed by atoms with E-state index >= 15 is 0 Å².